The summed E-state index contributed by atoms with van der Waals surface area (Å²) in [6.07, 6.45) is 1.54. The third-order valence-electron chi connectivity index (χ3n) is 5.65. The molecule has 0 aliphatic carbocycles. The van der Waals surface area contributed by atoms with Crippen molar-refractivity contribution in [3.8, 4) is 17.7 Å². The molecule has 0 saturated carbocycles. The second-order valence-electron chi connectivity index (χ2n) is 7.62. The highest BCUT2D eigenvalue weighted by Gasteiger charge is 2.27. The number of rotatable bonds is 5. The molecule has 0 atom stereocenters. The van der Waals surface area contributed by atoms with E-state index in [0.29, 0.717) is 50.3 Å². The smallest absolute Gasteiger partial charge is 0.266 e. The van der Waals surface area contributed by atoms with E-state index in [1.54, 1.807) is 12.1 Å². The first-order valence-corrected chi connectivity index (χ1v) is 10.2. The largest absolute Gasteiger partial charge is 0.459 e. The van der Waals surface area contributed by atoms with E-state index in [1.165, 1.54) is 6.26 Å². The number of nitrogens with zero attached hydrogens (tertiary/aromatic N) is 4. The molecule has 31 heavy (non-hydrogen) atoms. The van der Waals surface area contributed by atoms with Gasteiger partial charge in [0.25, 0.3) is 5.89 Å². The molecular formula is C23H21N5O3. The molecule has 0 amide bonds. The minimum atomic E-state index is 0.112. The van der Waals surface area contributed by atoms with Crippen molar-refractivity contribution in [1.29, 1.82) is 5.26 Å². The van der Waals surface area contributed by atoms with Gasteiger partial charge < -0.3 is 18.7 Å². The normalized spacial score (nSPS) is 14.8. The number of furan rings is 1. The summed E-state index contributed by atoms with van der Waals surface area (Å²) in [6.45, 7) is 4.96. The lowest BCUT2D eigenvalue weighted by Gasteiger charge is -2.34. The fourth-order valence-electron chi connectivity index (χ4n) is 4.13. The maximum atomic E-state index is 13.0. The number of hydrogen-bond donors (Lipinski definition) is 1. The summed E-state index contributed by atoms with van der Waals surface area (Å²) in [5.41, 5.74) is 2.89. The zero-order valence-corrected chi connectivity index (χ0v) is 17.1. The van der Waals surface area contributed by atoms with Crippen molar-refractivity contribution < 1.29 is 13.6 Å². The molecule has 1 N–H and O–H groups in total. The molecule has 156 valence electrons. The van der Waals surface area contributed by atoms with Gasteiger partial charge in [-0.15, -0.1) is 0 Å². The molecule has 0 spiro atoms. The molecule has 0 bridgehead atoms. The van der Waals surface area contributed by atoms with E-state index in [0.717, 1.165) is 22.2 Å². The fraction of sp³-hybridized carbons (Fsp3) is 0.261. The number of Topliss-reactive ketones (excluding diaryl/α,β-unsaturated/α-hetero) is 1. The van der Waals surface area contributed by atoms with Crippen LogP contribution in [-0.2, 0) is 0 Å². The average Bonchev–Trinajstić information content (AvgIpc) is 3.51. The molecule has 8 nitrogen and oxygen atoms in total. The van der Waals surface area contributed by atoms with E-state index >= 15 is 0 Å². The highest BCUT2D eigenvalue weighted by molar-refractivity contribution is 6.10. The number of carbonyl (C=O) groups excluding carboxylic acids is 1. The summed E-state index contributed by atoms with van der Waals surface area (Å²) in [6, 6.07) is 13.5. The first-order chi connectivity index (χ1) is 15.1. The fourth-order valence-corrected chi connectivity index (χ4v) is 4.13. The summed E-state index contributed by atoms with van der Waals surface area (Å²) < 4.78 is 11.2. The Balaban J connectivity index is 1.27. The molecule has 0 radical (unpaired) electrons. The second kappa shape index (κ2) is 7.78. The number of nitriles is 1. The summed E-state index contributed by atoms with van der Waals surface area (Å²) in [7, 11) is 0. The Morgan fingerprint density at radius 3 is 2.74 bits per heavy atom. The maximum absolute atomic E-state index is 13.0. The molecule has 4 heterocycles. The molecule has 1 aliphatic rings. The van der Waals surface area contributed by atoms with Gasteiger partial charge in [0.05, 0.1) is 12.8 Å². The number of ketones is 1. The van der Waals surface area contributed by atoms with E-state index in [1.807, 2.05) is 36.1 Å². The lowest BCUT2D eigenvalue weighted by atomic mass is 10.1. The highest BCUT2D eigenvalue weighted by Crippen LogP contribution is 2.29. The number of anilines is 1. The number of H-pyrrole nitrogens is 1. The summed E-state index contributed by atoms with van der Waals surface area (Å²) in [4.78, 5) is 24.7. The Labute approximate surface area is 178 Å². The number of aromatic nitrogens is 2. The number of benzene rings is 1. The van der Waals surface area contributed by atoms with Crippen LogP contribution in [0.15, 0.2) is 51.5 Å². The van der Waals surface area contributed by atoms with Gasteiger partial charge in [-0.2, -0.15) is 10.2 Å². The van der Waals surface area contributed by atoms with Gasteiger partial charge in [0, 0.05) is 48.3 Å². The zero-order chi connectivity index (χ0) is 21.4. The minimum Gasteiger partial charge on any atom is -0.459 e. The lowest BCUT2D eigenvalue weighted by molar-refractivity contribution is 0.0927. The van der Waals surface area contributed by atoms with Crippen molar-refractivity contribution in [2.75, 3.05) is 37.6 Å². The molecular weight excluding hydrogens is 394 g/mol. The lowest BCUT2D eigenvalue weighted by Crippen LogP contribution is -2.48. The van der Waals surface area contributed by atoms with Crippen molar-refractivity contribution >= 4 is 22.6 Å². The number of oxazole rings is 1. The third-order valence-corrected chi connectivity index (χ3v) is 5.65. The Hall–Kier alpha value is -3.83. The number of fused-ring (bicyclic) bond motifs is 1. The molecule has 3 aromatic heterocycles. The molecule has 4 aromatic rings. The van der Waals surface area contributed by atoms with Crippen molar-refractivity contribution in [1.82, 2.24) is 14.9 Å². The standard InChI is InChI=1S/C23H21N5O3/c1-15-21(16-5-2-3-6-17(16)25-15)19(29)14-27-8-10-28(11-9-27)23-18(13-24)26-22(31-23)20-7-4-12-30-20/h2-7,12,25H,8-11,14H2,1H3. The van der Waals surface area contributed by atoms with Gasteiger partial charge in [-0.1, -0.05) is 18.2 Å². The van der Waals surface area contributed by atoms with Gasteiger partial charge in [0.15, 0.2) is 11.5 Å². The van der Waals surface area contributed by atoms with E-state index < -0.39 is 0 Å². The third kappa shape index (κ3) is 3.49. The van der Waals surface area contributed by atoms with Crippen LogP contribution < -0.4 is 4.90 Å². The quantitative estimate of drug-likeness (QED) is 0.497. The van der Waals surface area contributed by atoms with Crippen LogP contribution in [0.3, 0.4) is 0 Å². The van der Waals surface area contributed by atoms with Crippen molar-refractivity contribution in [2.24, 2.45) is 0 Å². The van der Waals surface area contributed by atoms with Crippen molar-refractivity contribution in [2.45, 2.75) is 6.92 Å². The summed E-state index contributed by atoms with van der Waals surface area (Å²) >= 11 is 0. The number of aromatic amines is 1. The first-order valence-electron chi connectivity index (χ1n) is 10.2. The zero-order valence-electron chi connectivity index (χ0n) is 17.1. The van der Waals surface area contributed by atoms with Gasteiger partial charge in [-0.3, -0.25) is 9.69 Å². The number of nitrogens with one attached hydrogen (secondary N) is 1. The predicted molar refractivity (Wildman–Crippen MR) is 115 cm³/mol. The van der Waals surface area contributed by atoms with E-state index in [4.69, 9.17) is 8.83 Å². The van der Waals surface area contributed by atoms with Gasteiger partial charge in [-0.25, -0.2) is 0 Å². The average molecular weight is 415 g/mol. The highest BCUT2D eigenvalue weighted by atomic mass is 16.4. The number of carbonyl (C=O) groups is 1. The SMILES string of the molecule is Cc1[nH]c2ccccc2c1C(=O)CN1CCN(c2oc(-c3ccco3)nc2C#N)CC1. The van der Waals surface area contributed by atoms with Crippen LogP contribution in [0.25, 0.3) is 22.6 Å². The molecule has 1 aromatic carbocycles. The van der Waals surface area contributed by atoms with Gasteiger partial charge >= 0.3 is 0 Å². The number of piperazine rings is 1. The van der Waals surface area contributed by atoms with Crippen LogP contribution >= 0.6 is 0 Å². The topological polar surface area (TPSA) is 102 Å². The van der Waals surface area contributed by atoms with E-state index in [9.17, 15) is 10.1 Å². The van der Waals surface area contributed by atoms with E-state index in [-0.39, 0.29) is 11.5 Å². The van der Waals surface area contributed by atoms with Gasteiger partial charge in [-0.05, 0) is 25.1 Å². The number of para-hydroxylation sites is 1. The van der Waals surface area contributed by atoms with Crippen molar-refractivity contribution in [3.63, 3.8) is 0 Å². The summed E-state index contributed by atoms with van der Waals surface area (Å²) in [5, 5.41) is 10.4. The first kappa shape index (κ1) is 19.2. The molecule has 0 unspecified atom stereocenters. The monoisotopic (exact) mass is 415 g/mol. The van der Waals surface area contributed by atoms with Gasteiger partial charge in [0.2, 0.25) is 11.6 Å². The van der Waals surface area contributed by atoms with Crippen LogP contribution in [0.5, 0.6) is 0 Å². The molecule has 1 saturated heterocycles. The second-order valence-corrected chi connectivity index (χ2v) is 7.62. The van der Waals surface area contributed by atoms with E-state index in [2.05, 4.69) is 20.9 Å². The van der Waals surface area contributed by atoms with Crippen LogP contribution in [0, 0.1) is 18.3 Å². The van der Waals surface area contributed by atoms with Crippen LogP contribution in [0.1, 0.15) is 21.7 Å². The Kier molecular flexibility index (Phi) is 4.81. The maximum Gasteiger partial charge on any atom is 0.266 e. The molecule has 1 aliphatic heterocycles. The van der Waals surface area contributed by atoms with Crippen LogP contribution in [-0.4, -0.2) is 53.4 Å². The Bertz CT molecular complexity index is 1270. The Morgan fingerprint density at radius 2 is 2.00 bits per heavy atom. The number of aryl methyl sites for hydroxylation is 1. The summed E-state index contributed by atoms with van der Waals surface area (Å²) in [5.74, 6) is 1.35. The number of hydrogen-bond acceptors (Lipinski definition) is 7. The van der Waals surface area contributed by atoms with Crippen LogP contribution in [0.4, 0.5) is 5.88 Å². The van der Waals surface area contributed by atoms with Crippen LogP contribution in [0.2, 0.25) is 0 Å². The minimum absolute atomic E-state index is 0.112. The van der Waals surface area contributed by atoms with Gasteiger partial charge in [0.1, 0.15) is 6.07 Å². The molecule has 1 fully saturated rings. The predicted octanol–water partition coefficient (Wildman–Crippen LogP) is 3.60. The Morgan fingerprint density at radius 1 is 1.19 bits per heavy atom. The van der Waals surface area contributed by atoms with Crippen molar-refractivity contribution in [3.05, 3.63) is 59.6 Å². The molecule has 5 rings (SSSR count). The molecule has 8 heteroatoms.